The Morgan fingerprint density at radius 1 is 1.07 bits per heavy atom. The molecule has 2 aliphatic heterocycles. The number of nitrogens with one attached hydrogen (secondary N) is 1. The fourth-order valence-electron chi connectivity index (χ4n) is 3.72. The number of hydrogen-bond donors (Lipinski definition) is 1. The van der Waals surface area contributed by atoms with Gasteiger partial charge in [-0.3, -0.25) is 19.4 Å². The Bertz CT molecular complexity index is 1080. The average Bonchev–Trinajstić information content (AvgIpc) is 3.17. The summed E-state index contributed by atoms with van der Waals surface area (Å²) in [5.74, 6) is -1.31. The van der Waals surface area contributed by atoms with Crippen LogP contribution in [0.2, 0.25) is 5.02 Å². The third-order valence-corrected chi connectivity index (χ3v) is 5.49. The van der Waals surface area contributed by atoms with Crippen LogP contribution in [0.5, 0.6) is 0 Å². The summed E-state index contributed by atoms with van der Waals surface area (Å²) in [6.07, 6.45) is 0. The van der Waals surface area contributed by atoms with Gasteiger partial charge in [0.15, 0.2) is 12.1 Å². The van der Waals surface area contributed by atoms with Crippen molar-refractivity contribution in [1.82, 2.24) is 5.01 Å². The first-order valence-electron chi connectivity index (χ1n) is 9.44. The fraction of sp³-hybridized carbons (Fsp3) is 0.286. The summed E-state index contributed by atoms with van der Waals surface area (Å²) in [5.41, 5.74) is 3.93. The molecule has 0 spiro atoms. The summed E-state index contributed by atoms with van der Waals surface area (Å²) in [4.78, 5) is 39.4. The van der Waals surface area contributed by atoms with Gasteiger partial charge >= 0.3 is 0 Å². The molecule has 2 aromatic carbocycles. The molecule has 0 bridgehead atoms. The summed E-state index contributed by atoms with van der Waals surface area (Å²) in [6, 6.07) is 8.77. The van der Waals surface area contributed by atoms with Gasteiger partial charge in [0.2, 0.25) is 5.91 Å². The molecule has 2 heterocycles. The number of carbonyl (C=O) groups excluding carboxylic acids is 3. The molecule has 0 aliphatic carbocycles. The van der Waals surface area contributed by atoms with Gasteiger partial charge in [-0.2, -0.15) is 5.11 Å². The van der Waals surface area contributed by atoms with E-state index in [1.807, 2.05) is 39.0 Å². The standard InChI is InChI=1S/C21H20ClN5O3/c1-11-6-12(2)8-14(7-11)23-17(28)10-26-19-18(24-25-26)20(29)27(21(19)30)15-5-4-13(3)16(22)9-15/h4-9,18-19H,10H2,1-3H3,(H,23,28). The second-order valence-electron chi connectivity index (χ2n) is 7.56. The first-order valence-corrected chi connectivity index (χ1v) is 9.82. The van der Waals surface area contributed by atoms with Gasteiger partial charge in [0.25, 0.3) is 11.8 Å². The summed E-state index contributed by atoms with van der Waals surface area (Å²) in [6.45, 7) is 5.52. The molecule has 0 radical (unpaired) electrons. The maximum atomic E-state index is 13.0. The maximum Gasteiger partial charge on any atom is 0.263 e. The Balaban J connectivity index is 1.50. The predicted octanol–water partition coefficient (Wildman–Crippen LogP) is 3.20. The van der Waals surface area contributed by atoms with Crippen LogP contribution in [0.3, 0.4) is 0 Å². The Kier molecular flexibility index (Phi) is 5.03. The largest absolute Gasteiger partial charge is 0.324 e. The molecule has 1 N–H and O–H groups in total. The highest BCUT2D eigenvalue weighted by Gasteiger charge is 2.55. The number of hydrogen-bond acceptors (Lipinski definition) is 6. The highest BCUT2D eigenvalue weighted by atomic mass is 35.5. The van der Waals surface area contributed by atoms with Crippen molar-refractivity contribution in [3.63, 3.8) is 0 Å². The molecule has 9 heteroatoms. The van der Waals surface area contributed by atoms with E-state index < -0.39 is 23.9 Å². The third-order valence-electron chi connectivity index (χ3n) is 5.08. The van der Waals surface area contributed by atoms with Gasteiger partial charge in [-0.05, 0) is 61.7 Å². The second-order valence-corrected chi connectivity index (χ2v) is 7.97. The number of nitrogens with zero attached hydrogens (tertiary/aromatic N) is 4. The lowest BCUT2D eigenvalue weighted by Gasteiger charge is -2.20. The predicted molar refractivity (Wildman–Crippen MR) is 112 cm³/mol. The lowest BCUT2D eigenvalue weighted by molar-refractivity contribution is -0.123. The minimum absolute atomic E-state index is 0.195. The van der Waals surface area contributed by atoms with Crippen LogP contribution < -0.4 is 10.2 Å². The van der Waals surface area contributed by atoms with Crippen molar-refractivity contribution in [3.8, 4) is 0 Å². The van der Waals surface area contributed by atoms with E-state index in [0.717, 1.165) is 21.6 Å². The highest BCUT2D eigenvalue weighted by Crippen LogP contribution is 2.33. The first kappa shape index (κ1) is 20.0. The van der Waals surface area contributed by atoms with Crippen molar-refractivity contribution in [2.24, 2.45) is 10.3 Å². The minimum Gasteiger partial charge on any atom is -0.324 e. The SMILES string of the molecule is Cc1cc(C)cc(NC(=O)CN2N=NC3C(=O)N(c4ccc(C)c(Cl)c4)C(=O)C32)c1. The van der Waals surface area contributed by atoms with Crippen molar-refractivity contribution in [1.29, 1.82) is 0 Å². The Hall–Kier alpha value is -3.26. The number of halogens is 1. The van der Waals surface area contributed by atoms with Gasteiger partial charge in [-0.1, -0.05) is 29.0 Å². The minimum atomic E-state index is -0.966. The second kappa shape index (κ2) is 7.53. The number of benzene rings is 2. The van der Waals surface area contributed by atoms with Gasteiger partial charge in [0.05, 0.1) is 5.69 Å². The summed E-state index contributed by atoms with van der Waals surface area (Å²) < 4.78 is 0. The number of rotatable bonds is 4. The normalized spacial score (nSPS) is 20.1. The molecule has 2 aromatic rings. The van der Waals surface area contributed by atoms with E-state index in [4.69, 9.17) is 11.6 Å². The van der Waals surface area contributed by atoms with Gasteiger partial charge in [0.1, 0.15) is 6.54 Å². The van der Waals surface area contributed by atoms with Crippen molar-refractivity contribution >= 4 is 40.7 Å². The van der Waals surface area contributed by atoms with Gasteiger partial charge in [-0.15, -0.1) is 0 Å². The number of fused-ring (bicyclic) bond motifs is 1. The molecule has 1 saturated heterocycles. The number of imide groups is 1. The number of aryl methyl sites for hydroxylation is 3. The maximum absolute atomic E-state index is 13.0. The molecule has 30 heavy (non-hydrogen) atoms. The lowest BCUT2D eigenvalue weighted by Crippen LogP contribution is -2.43. The fourth-order valence-corrected chi connectivity index (χ4v) is 3.90. The quantitative estimate of drug-likeness (QED) is 0.761. The van der Waals surface area contributed by atoms with E-state index in [1.165, 1.54) is 5.01 Å². The number of amides is 3. The van der Waals surface area contributed by atoms with Crippen LogP contribution in [0, 0.1) is 20.8 Å². The third kappa shape index (κ3) is 3.54. The monoisotopic (exact) mass is 425 g/mol. The zero-order chi connectivity index (χ0) is 21.6. The smallest absolute Gasteiger partial charge is 0.263 e. The Morgan fingerprint density at radius 2 is 1.77 bits per heavy atom. The summed E-state index contributed by atoms with van der Waals surface area (Å²) >= 11 is 6.15. The van der Waals surface area contributed by atoms with E-state index >= 15 is 0 Å². The van der Waals surface area contributed by atoms with E-state index in [1.54, 1.807) is 18.2 Å². The molecule has 154 valence electrons. The molecular weight excluding hydrogens is 406 g/mol. The van der Waals surface area contributed by atoms with Crippen LogP contribution in [-0.2, 0) is 14.4 Å². The average molecular weight is 426 g/mol. The molecule has 3 amide bonds. The van der Waals surface area contributed by atoms with Crippen LogP contribution in [0.1, 0.15) is 16.7 Å². The van der Waals surface area contributed by atoms with Gasteiger partial charge in [0, 0.05) is 10.7 Å². The summed E-state index contributed by atoms with van der Waals surface area (Å²) in [5, 5.41) is 12.4. The zero-order valence-corrected chi connectivity index (χ0v) is 17.5. The van der Waals surface area contributed by atoms with Crippen LogP contribution in [0.25, 0.3) is 0 Å². The zero-order valence-electron chi connectivity index (χ0n) is 16.7. The van der Waals surface area contributed by atoms with E-state index in [2.05, 4.69) is 15.7 Å². The van der Waals surface area contributed by atoms with Crippen molar-refractivity contribution in [2.45, 2.75) is 32.9 Å². The Morgan fingerprint density at radius 3 is 2.43 bits per heavy atom. The number of carbonyl (C=O) groups is 3. The van der Waals surface area contributed by atoms with Gasteiger partial charge < -0.3 is 5.32 Å². The van der Waals surface area contributed by atoms with E-state index in [0.29, 0.717) is 16.4 Å². The van der Waals surface area contributed by atoms with Crippen LogP contribution in [0.4, 0.5) is 11.4 Å². The van der Waals surface area contributed by atoms with Crippen molar-refractivity contribution in [3.05, 3.63) is 58.1 Å². The molecular formula is C21H20ClN5O3. The van der Waals surface area contributed by atoms with Crippen molar-refractivity contribution in [2.75, 3.05) is 16.8 Å². The van der Waals surface area contributed by atoms with E-state index in [9.17, 15) is 14.4 Å². The van der Waals surface area contributed by atoms with Crippen LogP contribution in [-0.4, -0.2) is 41.4 Å². The number of anilines is 2. The highest BCUT2D eigenvalue weighted by molar-refractivity contribution is 6.32. The van der Waals surface area contributed by atoms with Gasteiger partial charge in [-0.25, -0.2) is 4.90 Å². The molecule has 2 atom stereocenters. The molecule has 4 rings (SSSR count). The molecule has 0 aromatic heterocycles. The molecule has 8 nitrogen and oxygen atoms in total. The molecule has 0 saturated carbocycles. The van der Waals surface area contributed by atoms with E-state index in [-0.39, 0.29) is 12.5 Å². The molecule has 1 fully saturated rings. The van der Waals surface area contributed by atoms with Crippen molar-refractivity contribution < 1.29 is 14.4 Å². The molecule has 2 aliphatic rings. The lowest BCUT2D eigenvalue weighted by atomic mass is 10.1. The topological polar surface area (TPSA) is 94.4 Å². The first-order chi connectivity index (χ1) is 14.2. The summed E-state index contributed by atoms with van der Waals surface area (Å²) in [7, 11) is 0. The van der Waals surface area contributed by atoms with Crippen LogP contribution in [0.15, 0.2) is 46.7 Å². The Labute approximate surface area is 178 Å². The van der Waals surface area contributed by atoms with Crippen LogP contribution >= 0.6 is 11.6 Å². The molecule has 2 unspecified atom stereocenters.